The van der Waals surface area contributed by atoms with Crippen LogP contribution < -0.4 is 10.6 Å². The molecule has 0 radical (unpaired) electrons. The number of hydrogen-bond acceptors (Lipinski definition) is 8. The van der Waals surface area contributed by atoms with Crippen LogP contribution in [-0.4, -0.2) is 64.6 Å². The molecular weight excluding hydrogens is 697 g/mol. The molecule has 0 aromatic heterocycles. The summed E-state index contributed by atoms with van der Waals surface area (Å²) in [6, 6.07) is 24.1. The van der Waals surface area contributed by atoms with Crippen molar-refractivity contribution in [2.45, 2.75) is 50.8 Å². The Morgan fingerprint density at radius 1 is 0.882 bits per heavy atom. The molecule has 0 saturated carbocycles. The quantitative estimate of drug-likeness (QED) is 0.132. The van der Waals surface area contributed by atoms with Gasteiger partial charge in [0.05, 0.1) is 33.8 Å². The van der Waals surface area contributed by atoms with E-state index in [1.807, 2.05) is 50.2 Å². The molecule has 1 aliphatic rings. The van der Waals surface area contributed by atoms with Gasteiger partial charge in [-0.1, -0.05) is 109 Å². The minimum atomic E-state index is -1.71. The molecule has 0 bridgehead atoms. The number of carboxylic acid groups (broad SMARTS) is 1. The number of esters is 1. The van der Waals surface area contributed by atoms with Crippen molar-refractivity contribution in [3.8, 4) is 0 Å². The maximum Gasteiger partial charge on any atom is 0.341 e. The second kappa shape index (κ2) is 16.2. The van der Waals surface area contributed by atoms with Gasteiger partial charge in [0.2, 0.25) is 5.60 Å². The number of carbonyl (C=O) groups excluding carboxylic acids is 4. The van der Waals surface area contributed by atoms with E-state index < -0.39 is 54.3 Å². The Hall–Kier alpha value is -5.26. The summed E-state index contributed by atoms with van der Waals surface area (Å²) in [7, 11) is 0. The van der Waals surface area contributed by atoms with Crippen LogP contribution in [0.5, 0.6) is 0 Å². The third-order valence-corrected chi connectivity index (χ3v) is 9.09. The fourth-order valence-electron chi connectivity index (χ4n) is 5.79. The molecule has 1 aliphatic heterocycles. The number of nitrogens with one attached hydrogen (secondary N) is 2. The van der Waals surface area contributed by atoms with Crippen molar-refractivity contribution in [2.75, 3.05) is 6.61 Å². The summed E-state index contributed by atoms with van der Waals surface area (Å²) in [6.45, 7) is 2.91. The monoisotopic (exact) mass is 731 g/mol. The van der Waals surface area contributed by atoms with Gasteiger partial charge in [-0.05, 0) is 46.5 Å². The first-order valence-corrected chi connectivity index (χ1v) is 16.9. The second-order valence-electron chi connectivity index (χ2n) is 12.5. The number of halogens is 2. The first-order valence-electron chi connectivity index (χ1n) is 16.1. The van der Waals surface area contributed by atoms with Crippen LogP contribution in [0.3, 0.4) is 0 Å². The number of benzene rings is 4. The topological polar surface area (TPSA) is 160 Å². The molecule has 264 valence electrons. The Labute approximate surface area is 303 Å². The highest BCUT2D eigenvalue weighted by Gasteiger charge is 2.49. The Morgan fingerprint density at radius 2 is 1.55 bits per heavy atom. The van der Waals surface area contributed by atoms with Gasteiger partial charge in [-0.25, -0.2) is 4.79 Å². The lowest BCUT2D eigenvalue weighted by Crippen LogP contribution is -2.55. The first kappa shape index (κ1) is 37.0. The van der Waals surface area contributed by atoms with Crippen molar-refractivity contribution in [3.63, 3.8) is 0 Å². The highest BCUT2D eigenvalue weighted by molar-refractivity contribution is 6.39. The average Bonchev–Trinajstić information content (AvgIpc) is 3.53. The number of ether oxygens (including phenoxy) is 1. The number of hydrogen-bond donors (Lipinski definition) is 3. The van der Waals surface area contributed by atoms with Gasteiger partial charge in [-0.2, -0.15) is 0 Å². The maximum absolute atomic E-state index is 14.1. The summed E-state index contributed by atoms with van der Waals surface area (Å²) < 4.78 is 5.12. The molecule has 0 aliphatic carbocycles. The molecule has 2 amide bonds. The number of carbonyl (C=O) groups is 5. The van der Waals surface area contributed by atoms with Gasteiger partial charge in [0, 0.05) is 18.4 Å². The molecule has 13 heteroatoms. The Balaban J connectivity index is 1.35. The van der Waals surface area contributed by atoms with E-state index in [0.29, 0.717) is 16.8 Å². The largest absolute Gasteiger partial charge is 0.481 e. The molecule has 4 aromatic carbocycles. The van der Waals surface area contributed by atoms with Crippen LogP contribution in [0.1, 0.15) is 53.0 Å². The molecular formula is C38H35Cl2N3O8. The normalized spacial score (nSPS) is 16.5. The molecule has 3 atom stereocenters. The summed E-state index contributed by atoms with van der Waals surface area (Å²) in [5.41, 5.74) is -0.338. The number of carboxylic acids is 1. The van der Waals surface area contributed by atoms with Crippen molar-refractivity contribution in [3.05, 3.63) is 118 Å². The molecule has 0 saturated heterocycles. The average molecular weight is 733 g/mol. The zero-order valence-electron chi connectivity index (χ0n) is 27.7. The molecule has 3 N–H and O–H groups in total. The zero-order valence-corrected chi connectivity index (χ0v) is 29.2. The van der Waals surface area contributed by atoms with Crippen molar-refractivity contribution in [2.24, 2.45) is 11.1 Å². The summed E-state index contributed by atoms with van der Waals surface area (Å²) in [5.74, 6) is -4.59. The number of fused-ring (bicyclic) bond motifs is 1. The van der Waals surface area contributed by atoms with Gasteiger partial charge in [0.1, 0.15) is 6.04 Å². The molecule has 5 rings (SSSR count). The van der Waals surface area contributed by atoms with Crippen LogP contribution in [0, 0.1) is 5.92 Å². The van der Waals surface area contributed by atoms with Crippen LogP contribution >= 0.6 is 23.2 Å². The van der Waals surface area contributed by atoms with Crippen molar-refractivity contribution >= 4 is 69.2 Å². The number of Topliss-reactive ketones (excluding diaryl/α,β-unsaturated/α-hetero) is 1. The van der Waals surface area contributed by atoms with Crippen LogP contribution in [0.15, 0.2) is 96.2 Å². The molecule has 1 unspecified atom stereocenters. The minimum Gasteiger partial charge on any atom is -0.481 e. The number of aliphatic carboxylic acids is 1. The van der Waals surface area contributed by atoms with Crippen LogP contribution in [0.25, 0.3) is 10.8 Å². The maximum atomic E-state index is 14.1. The number of rotatable bonds is 14. The van der Waals surface area contributed by atoms with Crippen LogP contribution in [0.4, 0.5) is 0 Å². The summed E-state index contributed by atoms with van der Waals surface area (Å²) >= 11 is 12.1. The SMILES string of the molecule is CC(C)[C@H](NC(=O)c1ccc2ccccc2c1)C1=NOC(Cc2ccccc2)(C(=O)N[C@@H](CC(=O)O)C(=O)COC(=O)c2c(Cl)cccc2Cl)C1. The summed E-state index contributed by atoms with van der Waals surface area (Å²) in [6.07, 6.45) is -0.882. The molecule has 0 spiro atoms. The summed E-state index contributed by atoms with van der Waals surface area (Å²) in [4.78, 5) is 71.3. The Morgan fingerprint density at radius 3 is 2.22 bits per heavy atom. The van der Waals surface area contributed by atoms with Gasteiger partial charge < -0.3 is 25.3 Å². The standard InChI is InChI=1S/C38H35Cl2N3O8/c1-22(2)34(42-35(47)26-16-15-24-11-6-7-12-25(24)17-26)30-20-38(51-43-30,19-23-9-4-3-5-10-23)37(49)41-29(18-32(45)46)31(44)21-50-36(48)33-27(39)13-8-14-28(33)40/h3-17,22,29,34H,18-21H2,1-2H3,(H,41,49)(H,42,47)(H,45,46)/t29-,34-,38?/m0/s1. The van der Waals surface area contributed by atoms with Gasteiger partial charge in [-0.3, -0.25) is 19.2 Å². The lowest BCUT2D eigenvalue weighted by Gasteiger charge is -2.29. The number of ketones is 1. The van der Waals surface area contributed by atoms with Crippen molar-refractivity contribution in [1.29, 1.82) is 0 Å². The molecule has 11 nitrogen and oxygen atoms in total. The molecule has 51 heavy (non-hydrogen) atoms. The Bertz CT molecular complexity index is 1980. The van der Waals surface area contributed by atoms with E-state index in [9.17, 15) is 29.1 Å². The van der Waals surface area contributed by atoms with E-state index in [1.165, 1.54) is 18.2 Å². The zero-order chi connectivity index (χ0) is 36.7. The van der Waals surface area contributed by atoms with E-state index in [2.05, 4.69) is 15.8 Å². The highest BCUT2D eigenvalue weighted by atomic mass is 35.5. The number of oxime groups is 1. The molecule has 4 aromatic rings. The predicted molar refractivity (Wildman–Crippen MR) is 192 cm³/mol. The van der Waals surface area contributed by atoms with Gasteiger partial charge in [0.25, 0.3) is 11.8 Å². The van der Waals surface area contributed by atoms with Crippen LogP contribution in [-0.2, 0) is 30.4 Å². The highest BCUT2D eigenvalue weighted by Crippen LogP contribution is 2.32. The summed E-state index contributed by atoms with van der Waals surface area (Å²) in [5, 5.41) is 21.3. The molecule has 0 fully saturated rings. The third kappa shape index (κ3) is 8.92. The van der Waals surface area contributed by atoms with Crippen molar-refractivity contribution in [1.82, 2.24) is 10.6 Å². The Kier molecular flexibility index (Phi) is 11.7. The van der Waals surface area contributed by atoms with Gasteiger partial charge in [-0.15, -0.1) is 0 Å². The van der Waals surface area contributed by atoms with Crippen LogP contribution in [0.2, 0.25) is 10.0 Å². The fraction of sp³-hybridized carbons (Fsp3) is 0.263. The van der Waals surface area contributed by atoms with Crippen molar-refractivity contribution < 1.29 is 38.7 Å². The first-order chi connectivity index (χ1) is 24.4. The van der Waals surface area contributed by atoms with E-state index in [4.69, 9.17) is 32.8 Å². The second-order valence-corrected chi connectivity index (χ2v) is 13.3. The molecule has 1 heterocycles. The van der Waals surface area contributed by atoms with Gasteiger partial charge >= 0.3 is 11.9 Å². The number of nitrogens with zero attached hydrogens (tertiary/aromatic N) is 1. The smallest absolute Gasteiger partial charge is 0.341 e. The van der Waals surface area contributed by atoms with E-state index >= 15 is 0 Å². The lowest BCUT2D eigenvalue weighted by molar-refractivity contribution is -0.148. The van der Waals surface area contributed by atoms with E-state index in [0.717, 1.165) is 10.8 Å². The van der Waals surface area contributed by atoms with Gasteiger partial charge in [0.15, 0.2) is 12.4 Å². The lowest BCUT2D eigenvalue weighted by atomic mass is 9.84. The minimum absolute atomic E-state index is 0.000493. The van der Waals surface area contributed by atoms with E-state index in [1.54, 1.807) is 36.4 Å². The predicted octanol–water partition coefficient (Wildman–Crippen LogP) is 6.04. The number of amides is 2. The third-order valence-electron chi connectivity index (χ3n) is 8.46. The van der Waals surface area contributed by atoms with E-state index in [-0.39, 0.29) is 40.3 Å². The fourth-order valence-corrected chi connectivity index (χ4v) is 6.35.